The van der Waals surface area contributed by atoms with Gasteiger partial charge in [0.2, 0.25) is 0 Å². The summed E-state index contributed by atoms with van der Waals surface area (Å²) in [4.78, 5) is 8.98. The predicted octanol–water partition coefficient (Wildman–Crippen LogP) is 5.96. The van der Waals surface area contributed by atoms with Crippen LogP contribution in [0.2, 0.25) is 0 Å². The maximum Gasteiger partial charge on any atom is 0.134 e. The highest BCUT2D eigenvalue weighted by Gasteiger charge is 2.18. The standard InChI is InChI=1S/C26H25FN2O2/c1-3-31-24-10-4-9-22(27)25(24)21-16-18(11-12-23(21)30-2)15-19-7-6-14-29-26(19)20-8-5-13-28-17-20/h4-5,8-13,15-17H,3,6-7,14H2,1-2H3/b19-15+. The molecule has 4 rings (SSSR count). The molecule has 2 aromatic carbocycles. The molecule has 0 spiro atoms. The maximum atomic E-state index is 14.9. The first-order valence-electron chi connectivity index (χ1n) is 10.5. The third-order valence-corrected chi connectivity index (χ3v) is 5.22. The molecule has 1 aromatic heterocycles. The van der Waals surface area contributed by atoms with Crippen LogP contribution in [0.1, 0.15) is 30.9 Å². The molecule has 0 radical (unpaired) electrons. The molecule has 2 heterocycles. The van der Waals surface area contributed by atoms with Crippen molar-refractivity contribution in [2.75, 3.05) is 20.3 Å². The number of halogens is 1. The van der Waals surface area contributed by atoms with Crippen molar-refractivity contribution in [1.29, 1.82) is 0 Å². The van der Waals surface area contributed by atoms with Gasteiger partial charge < -0.3 is 9.47 Å². The molecule has 0 saturated carbocycles. The molecule has 0 N–H and O–H groups in total. The van der Waals surface area contributed by atoms with E-state index in [1.165, 1.54) is 6.07 Å². The first-order valence-corrected chi connectivity index (χ1v) is 10.5. The number of aromatic nitrogens is 1. The number of methoxy groups -OCH3 is 1. The normalized spacial score (nSPS) is 14.9. The van der Waals surface area contributed by atoms with E-state index in [0.29, 0.717) is 29.2 Å². The van der Waals surface area contributed by atoms with Gasteiger partial charge in [-0.3, -0.25) is 9.98 Å². The average Bonchev–Trinajstić information content (AvgIpc) is 2.80. The van der Waals surface area contributed by atoms with Crippen molar-refractivity contribution >= 4 is 11.8 Å². The summed E-state index contributed by atoms with van der Waals surface area (Å²) in [6.45, 7) is 3.14. The number of aliphatic imine (C=N–C) groups is 1. The van der Waals surface area contributed by atoms with Crippen LogP contribution in [-0.2, 0) is 0 Å². The Labute approximate surface area is 182 Å². The van der Waals surface area contributed by atoms with Crippen molar-refractivity contribution in [3.8, 4) is 22.6 Å². The first-order chi connectivity index (χ1) is 15.2. The van der Waals surface area contributed by atoms with E-state index in [-0.39, 0.29) is 5.82 Å². The number of hydrogen-bond acceptors (Lipinski definition) is 4. The number of pyridine rings is 1. The fraction of sp³-hybridized carbons (Fsp3) is 0.231. The van der Waals surface area contributed by atoms with Crippen LogP contribution in [0.4, 0.5) is 4.39 Å². The van der Waals surface area contributed by atoms with Crippen molar-refractivity contribution in [2.45, 2.75) is 19.8 Å². The molecule has 1 aliphatic heterocycles. The average molecular weight is 416 g/mol. The lowest BCUT2D eigenvalue weighted by Crippen LogP contribution is -2.11. The summed E-state index contributed by atoms with van der Waals surface area (Å²) in [5, 5.41) is 0. The van der Waals surface area contributed by atoms with Gasteiger partial charge in [-0.1, -0.05) is 12.1 Å². The van der Waals surface area contributed by atoms with Gasteiger partial charge in [-0.05, 0) is 73.4 Å². The lowest BCUT2D eigenvalue weighted by Gasteiger charge is -2.17. The van der Waals surface area contributed by atoms with Gasteiger partial charge in [-0.15, -0.1) is 0 Å². The number of rotatable bonds is 6. The Morgan fingerprint density at radius 1 is 1.10 bits per heavy atom. The van der Waals surface area contributed by atoms with Crippen molar-refractivity contribution in [1.82, 2.24) is 4.98 Å². The van der Waals surface area contributed by atoms with Gasteiger partial charge in [-0.25, -0.2) is 4.39 Å². The van der Waals surface area contributed by atoms with Crippen LogP contribution in [-0.4, -0.2) is 31.0 Å². The van der Waals surface area contributed by atoms with Gasteiger partial charge in [0, 0.05) is 30.1 Å². The van der Waals surface area contributed by atoms with E-state index in [1.807, 2.05) is 43.5 Å². The lowest BCUT2D eigenvalue weighted by atomic mass is 9.93. The number of nitrogens with zero attached hydrogens (tertiary/aromatic N) is 2. The molecule has 0 fully saturated rings. The summed E-state index contributed by atoms with van der Waals surface area (Å²) < 4.78 is 26.1. The highest BCUT2D eigenvalue weighted by atomic mass is 19.1. The van der Waals surface area contributed by atoms with E-state index in [9.17, 15) is 4.39 Å². The van der Waals surface area contributed by atoms with E-state index in [0.717, 1.165) is 41.8 Å². The Bertz CT molecular complexity index is 1120. The van der Waals surface area contributed by atoms with E-state index in [1.54, 1.807) is 25.4 Å². The van der Waals surface area contributed by atoms with Crippen molar-refractivity contribution in [3.63, 3.8) is 0 Å². The van der Waals surface area contributed by atoms with Gasteiger partial charge in [0.25, 0.3) is 0 Å². The fourth-order valence-corrected chi connectivity index (χ4v) is 3.85. The molecule has 158 valence electrons. The zero-order valence-corrected chi connectivity index (χ0v) is 17.8. The molecular formula is C26H25FN2O2. The second-order valence-electron chi connectivity index (χ2n) is 7.25. The maximum absolute atomic E-state index is 14.9. The van der Waals surface area contributed by atoms with Crippen molar-refractivity contribution in [2.24, 2.45) is 4.99 Å². The molecule has 0 aliphatic carbocycles. The van der Waals surface area contributed by atoms with E-state index in [2.05, 4.69) is 11.1 Å². The summed E-state index contributed by atoms with van der Waals surface area (Å²) in [6.07, 6.45) is 7.65. The topological polar surface area (TPSA) is 43.7 Å². The zero-order valence-electron chi connectivity index (χ0n) is 17.8. The van der Waals surface area contributed by atoms with E-state index >= 15 is 0 Å². The summed E-state index contributed by atoms with van der Waals surface area (Å²) in [7, 11) is 1.59. The molecule has 1 aliphatic rings. The highest BCUT2D eigenvalue weighted by molar-refractivity contribution is 6.15. The third-order valence-electron chi connectivity index (χ3n) is 5.22. The van der Waals surface area contributed by atoms with Gasteiger partial charge in [0.05, 0.1) is 25.0 Å². The molecular weight excluding hydrogens is 391 g/mol. The predicted molar refractivity (Wildman–Crippen MR) is 122 cm³/mol. The van der Waals surface area contributed by atoms with Crippen LogP contribution >= 0.6 is 0 Å². The second kappa shape index (κ2) is 9.56. The van der Waals surface area contributed by atoms with Gasteiger partial charge in [0.1, 0.15) is 17.3 Å². The van der Waals surface area contributed by atoms with Crippen LogP contribution < -0.4 is 9.47 Å². The molecule has 0 amide bonds. The molecule has 5 heteroatoms. The number of benzene rings is 2. The molecule has 4 nitrogen and oxygen atoms in total. The Kier molecular flexibility index (Phi) is 6.41. The molecule has 3 aromatic rings. The summed E-state index contributed by atoms with van der Waals surface area (Å²) >= 11 is 0. The summed E-state index contributed by atoms with van der Waals surface area (Å²) in [5.74, 6) is 0.753. The minimum absolute atomic E-state index is 0.343. The zero-order chi connectivity index (χ0) is 21.6. The van der Waals surface area contributed by atoms with Gasteiger partial charge >= 0.3 is 0 Å². The SMILES string of the molecule is CCOc1cccc(F)c1-c1cc(/C=C2\CCCN=C2c2cccnc2)ccc1OC. The Hall–Kier alpha value is -3.47. The number of hydrogen-bond donors (Lipinski definition) is 0. The summed E-state index contributed by atoms with van der Waals surface area (Å²) in [5.41, 5.74) is 5.15. The van der Waals surface area contributed by atoms with Gasteiger partial charge in [-0.2, -0.15) is 0 Å². The Balaban J connectivity index is 1.80. The van der Waals surface area contributed by atoms with Crippen molar-refractivity contribution < 1.29 is 13.9 Å². The monoisotopic (exact) mass is 416 g/mol. The summed E-state index contributed by atoms with van der Waals surface area (Å²) in [6, 6.07) is 14.6. The second-order valence-corrected chi connectivity index (χ2v) is 7.25. The molecule has 31 heavy (non-hydrogen) atoms. The van der Waals surface area contributed by atoms with E-state index in [4.69, 9.17) is 14.5 Å². The molecule has 0 saturated heterocycles. The molecule has 0 unspecified atom stereocenters. The molecule has 0 bridgehead atoms. The van der Waals surface area contributed by atoms with Crippen LogP contribution in [0.25, 0.3) is 17.2 Å². The number of ether oxygens (including phenoxy) is 2. The fourth-order valence-electron chi connectivity index (χ4n) is 3.85. The third kappa shape index (κ3) is 4.50. The lowest BCUT2D eigenvalue weighted by molar-refractivity contribution is 0.339. The number of allylic oxidation sites excluding steroid dienone is 1. The Morgan fingerprint density at radius 3 is 2.77 bits per heavy atom. The quantitative estimate of drug-likeness (QED) is 0.498. The minimum Gasteiger partial charge on any atom is -0.496 e. The largest absolute Gasteiger partial charge is 0.496 e. The highest BCUT2D eigenvalue weighted by Crippen LogP contribution is 2.39. The Morgan fingerprint density at radius 2 is 2.00 bits per heavy atom. The molecule has 0 atom stereocenters. The minimum atomic E-state index is -0.343. The first kappa shape index (κ1) is 20.8. The van der Waals surface area contributed by atoms with Crippen LogP contribution in [0, 0.1) is 5.82 Å². The smallest absolute Gasteiger partial charge is 0.134 e. The van der Waals surface area contributed by atoms with Crippen LogP contribution in [0.3, 0.4) is 0 Å². The van der Waals surface area contributed by atoms with Crippen LogP contribution in [0.15, 0.2) is 71.5 Å². The van der Waals surface area contributed by atoms with Gasteiger partial charge in [0.15, 0.2) is 0 Å². The van der Waals surface area contributed by atoms with Crippen LogP contribution in [0.5, 0.6) is 11.5 Å². The van der Waals surface area contributed by atoms with Crippen molar-refractivity contribution in [3.05, 3.63) is 83.4 Å². The van der Waals surface area contributed by atoms with E-state index < -0.39 is 0 Å².